The van der Waals surface area contributed by atoms with Crippen LogP contribution in [0.3, 0.4) is 0 Å². The zero-order chi connectivity index (χ0) is 32.1. The van der Waals surface area contributed by atoms with Gasteiger partial charge in [0.15, 0.2) is 5.78 Å². The first kappa shape index (κ1) is 30.2. The number of fused-ring (bicyclic) bond motifs is 1. The van der Waals surface area contributed by atoms with Crippen molar-refractivity contribution >= 4 is 23.3 Å². The summed E-state index contributed by atoms with van der Waals surface area (Å²) in [6.45, 7) is 7.91. The predicted octanol–water partition coefficient (Wildman–Crippen LogP) is 4.62. The van der Waals surface area contributed by atoms with Gasteiger partial charge in [-0.05, 0) is 55.7 Å². The van der Waals surface area contributed by atoms with Crippen LogP contribution in [0, 0.1) is 18.3 Å². The lowest BCUT2D eigenvalue weighted by molar-refractivity contribution is -0.159. The maximum atomic E-state index is 12.9. The molecule has 1 saturated heterocycles. The van der Waals surface area contributed by atoms with Gasteiger partial charge < -0.3 is 20.5 Å². The minimum atomic E-state index is -4.73. The molecule has 45 heavy (non-hydrogen) atoms. The van der Waals surface area contributed by atoms with Crippen LogP contribution < -0.4 is 16.0 Å². The van der Waals surface area contributed by atoms with E-state index in [2.05, 4.69) is 43.8 Å². The highest BCUT2D eigenvalue weighted by Gasteiger charge is 2.39. The lowest BCUT2D eigenvalue weighted by Crippen LogP contribution is -2.37. The number of halogens is 3. The number of hydrogen-bond acceptors (Lipinski definition) is 10. The van der Waals surface area contributed by atoms with Crippen molar-refractivity contribution in [1.82, 2.24) is 29.9 Å². The Kier molecular flexibility index (Phi) is 7.57. The fourth-order valence-corrected chi connectivity index (χ4v) is 6.03. The van der Waals surface area contributed by atoms with E-state index >= 15 is 0 Å². The maximum absolute atomic E-state index is 12.9. The normalized spacial score (nSPS) is 16.9. The number of carbonyl (C=O) groups excluding carboxylic acids is 2. The first-order valence-corrected chi connectivity index (χ1v) is 14.6. The number of benzene rings is 1. The molecule has 2 aliphatic rings. The van der Waals surface area contributed by atoms with E-state index in [1.54, 1.807) is 16.8 Å². The summed E-state index contributed by atoms with van der Waals surface area (Å²) >= 11 is 0. The molecule has 1 fully saturated rings. The van der Waals surface area contributed by atoms with Gasteiger partial charge in [0, 0.05) is 44.1 Å². The first-order valence-electron chi connectivity index (χ1n) is 14.6. The topological polar surface area (TPSA) is 158 Å². The van der Waals surface area contributed by atoms with Crippen LogP contribution >= 0.6 is 0 Å². The molecular weight excluding hydrogens is 591 g/mol. The molecule has 1 aliphatic carbocycles. The second kappa shape index (κ2) is 11.3. The number of amides is 1. The number of carbonyl (C=O) groups is 2. The van der Waals surface area contributed by atoms with Crippen molar-refractivity contribution in [3.05, 3.63) is 59.0 Å². The number of piperidine rings is 1. The van der Waals surface area contributed by atoms with E-state index in [1.807, 2.05) is 17.9 Å². The fourth-order valence-electron chi connectivity index (χ4n) is 6.03. The van der Waals surface area contributed by atoms with Gasteiger partial charge in [-0.2, -0.15) is 23.3 Å². The minimum absolute atomic E-state index is 0.0938. The Morgan fingerprint density at radius 1 is 1.16 bits per heavy atom. The molecule has 236 valence electrons. The van der Waals surface area contributed by atoms with E-state index in [4.69, 9.17) is 10.8 Å². The van der Waals surface area contributed by atoms with Gasteiger partial charge in [0.25, 0.3) is 5.91 Å². The number of aryl methyl sites for hydroxylation is 1. The second-order valence-electron chi connectivity index (χ2n) is 12.4. The van der Waals surface area contributed by atoms with Gasteiger partial charge in [0.2, 0.25) is 11.8 Å². The van der Waals surface area contributed by atoms with E-state index in [9.17, 15) is 22.8 Å². The highest BCUT2D eigenvalue weighted by atomic mass is 19.4. The number of primary amides is 1. The molecule has 4 heterocycles. The second-order valence-corrected chi connectivity index (χ2v) is 12.4. The fraction of sp³-hybridized carbons (Fsp3) is 0.433. The molecule has 0 saturated carbocycles. The van der Waals surface area contributed by atoms with E-state index in [0.29, 0.717) is 60.9 Å². The molecule has 1 aromatic carbocycles. The number of nitrogens with zero attached hydrogens (tertiary/aromatic N) is 7. The van der Waals surface area contributed by atoms with Crippen molar-refractivity contribution in [3.63, 3.8) is 0 Å². The van der Waals surface area contributed by atoms with Crippen molar-refractivity contribution in [2.24, 2.45) is 17.1 Å². The Morgan fingerprint density at radius 3 is 2.51 bits per heavy atom. The van der Waals surface area contributed by atoms with Gasteiger partial charge in [-0.1, -0.05) is 19.0 Å². The molecule has 1 amide bonds. The average molecular weight is 624 g/mol. The molecule has 6 rings (SSSR count). The predicted molar refractivity (Wildman–Crippen MR) is 157 cm³/mol. The summed E-state index contributed by atoms with van der Waals surface area (Å²) in [6.07, 6.45) is 0.813. The summed E-state index contributed by atoms with van der Waals surface area (Å²) in [5.74, 6) is -1.39. The molecule has 0 spiro atoms. The van der Waals surface area contributed by atoms with Crippen LogP contribution in [0.4, 0.5) is 24.8 Å². The van der Waals surface area contributed by atoms with Crippen LogP contribution in [0.1, 0.15) is 71.1 Å². The Hall–Kier alpha value is -4.82. The van der Waals surface area contributed by atoms with Gasteiger partial charge in [0.05, 0.1) is 33.8 Å². The summed E-state index contributed by atoms with van der Waals surface area (Å²) in [7, 11) is 0. The van der Waals surface area contributed by atoms with Crippen molar-refractivity contribution in [1.29, 1.82) is 0 Å². The van der Waals surface area contributed by atoms with Gasteiger partial charge in [0.1, 0.15) is 0 Å². The maximum Gasteiger partial charge on any atom is 0.471 e. The smallest absolute Gasteiger partial charge is 0.384 e. The lowest BCUT2D eigenvalue weighted by Gasteiger charge is -2.32. The third kappa shape index (κ3) is 6.11. The third-order valence-electron chi connectivity index (χ3n) is 8.28. The number of rotatable bonds is 7. The van der Waals surface area contributed by atoms with Crippen molar-refractivity contribution < 1.29 is 27.3 Å². The first-order chi connectivity index (χ1) is 21.3. The van der Waals surface area contributed by atoms with Crippen LogP contribution in [0.5, 0.6) is 0 Å². The standard InChI is InChI=1S/C30H32F3N9O3/c1-16-24-22(11-29(2,3)12-23(24)43)42(39-16)19-4-5-20(25(34)44)21(10-19)35-13-17-6-8-41(9-7-17)28-36-14-18(15-37-28)26-38-27(45-40-26)30(31,32)33/h4-5,10,14-15,17,35H,6-9,11-13H2,1-3H3,(H2,34,44). The van der Waals surface area contributed by atoms with Crippen molar-refractivity contribution in [3.8, 4) is 17.1 Å². The molecule has 12 nitrogen and oxygen atoms in total. The molecule has 0 unspecified atom stereocenters. The van der Waals surface area contributed by atoms with Crippen LogP contribution in [0.25, 0.3) is 17.1 Å². The molecule has 4 aromatic rings. The van der Waals surface area contributed by atoms with Gasteiger partial charge in [-0.15, -0.1) is 0 Å². The van der Waals surface area contributed by atoms with E-state index < -0.39 is 18.0 Å². The SMILES string of the molecule is Cc1nn(-c2ccc(C(N)=O)c(NCC3CCN(c4ncc(-c5noc(C(F)(F)F)n5)cn4)CC3)c2)c2c1C(=O)CC(C)(C)C2. The Balaban J connectivity index is 1.11. The van der Waals surface area contributed by atoms with E-state index in [1.165, 1.54) is 12.4 Å². The quantitative estimate of drug-likeness (QED) is 0.298. The summed E-state index contributed by atoms with van der Waals surface area (Å²) < 4.78 is 44.4. The monoisotopic (exact) mass is 623 g/mol. The van der Waals surface area contributed by atoms with Crippen LogP contribution in [-0.4, -0.2) is 61.2 Å². The number of alkyl halides is 3. The van der Waals surface area contributed by atoms with Crippen molar-refractivity contribution in [2.75, 3.05) is 29.9 Å². The van der Waals surface area contributed by atoms with E-state index in [0.717, 1.165) is 24.2 Å². The molecule has 1 aliphatic heterocycles. The van der Waals surface area contributed by atoms with Crippen LogP contribution in [0.2, 0.25) is 0 Å². The molecular formula is C30H32F3N9O3. The van der Waals surface area contributed by atoms with Crippen LogP contribution in [0.15, 0.2) is 35.1 Å². The highest BCUT2D eigenvalue weighted by molar-refractivity contribution is 6.00. The van der Waals surface area contributed by atoms with Gasteiger partial charge in [-0.25, -0.2) is 14.6 Å². The summed E-state index contributed by atoms with van der Waals surface area (Å²) in [4.78, 5) is 39.1. The number of nitrogens with one attached hydrogen (secondary N) is 1. The molecule has 3 N–H and O–H groups in total. The Morgan fingerprint density at radius 2 is 1.87 bits per heavy atom. The Labute approximate surface area is 256 Å². The molecule has 3 aromatic heterocycles. The van der Waals surface area contributed by atoms with Crippen molar-refractivity contribution in [2.45, 2.75) is 52.6 Å². The summed E-state index contributed by atoms with van der Waals surface area (Å²) in [5.41, 5.74) is 9.68. The number of anilines is 2. The average Bonchev–Trinajstić information content (AvgIpc) is 3.61. The third-order valence-corrected chi connectivity index (χ3v) is 8.28. The number of aromatic nitrogens is 6. The molecule has 0 bridgehead atoms. The van der Waals surface area contributed by atoms with Gasteiger partial charge >= 0.3 is 12.1 Å². The lowest BCUT2D eigenvalue weighted by atomic mass is 9.75. The van der Waals surface area contributed by atoms with Crippen LogP contribution in [-0.2, 0) is 12.6 Å². The number of hydrogen-bond donors (Lipinski definition) is 2. The zero-order valence-corrected chi connectivity index (χ0v) is 25.0. The number of ketones is 1. The molecule has 0 atom stereocenters. The summed E-state index contributed by atoms with van der Waals surface area (Å²) in [6, 6.07) is 5.33. The van der Waals surface area contributed by atoms with Gasteiger partial charge in [-0.3, -0.25) is 9.59 Å². The number of Topliss-reactive ketones (excluding diaryl/α,β-unsaturated/α-hetero) is 1. The molecule has 0 radical (unpaired) electrons. The number of nitrogens with two attached hydrogens (primary N) is 1. The molecule has 15 heteroatoms. The Bertz CT molecular complexity index is 1750. The highest BCUT2D eigenvalue weighted by Crippen LogP contribution is 2.37. The minimum Gasteiger partial charge on any atom is -0.384 e. The zero-order valence-electron chi connectivity index (χ0n) is 25.0. The summed E-state index contributed by atoms with van der Waals surface area (Å²) in [5, 5.41) is 11.5. The van der Waals surface area contributed by atoms with E-state index in [-0.39, 0.29) is 28.5 Å². The largest absolute Gasteiger partial charge is 0.471 e.